The normalized spacial score (nSPS) is 16.5. The van der Waals surface area contributed by atoms with Crippen molar-refractivity contribution in [2.24, 2.45) is 0 Å². The molecule has 0 amide bonds. The van der Waals surface area contributed by atoms with Gasteiger partial charge >= 0.3 is 0 Å². The topological polar surface area (TPSA) is 35.5 Å². The molecule has 0 spiro atoms. The lowest BCUT2D eigenvalue weighted by Crippen LogP contribution is -2.01. The molecule has 1 aliphatic heterocycles. The summed E-state index contributed by atoms with van der Waals surface area (Å²) < 4.78 is 9.34. The van der Waals surface area contributed by atoms with Crippen LogP contribution in [0, 0.1) is 0 Å². The Morgan fingerprint density at radius 2 is 2.12 bits per heavy atom. The monoisotopic (exact) mass is 112 g/mol. The van der Waals surface area contributed by atoms with E-state index in [1.165, 1.54) is 12.5 Å². The number of hydrogen-bond donors (Lipinski definition) is 0. The van der Waals surface area contributed by atoms with Gasteiger partial charge in [-0.1, -0.05) is 0 Å². The molecule has 1 heterocycles. The molecular weight excluding hydrogens is 108 g/mol. The van der Waals surface area contributed by atoms with Gasteiger partial charge in [-0.25, -0.2) is 4.79 Å². The maximum absolute atomic E-state index is 9.59. The van der Waals surface area contributed by atoms with Crippen LogP contribution in [0.1, 0.15) is 0 Å². The summed E-state index contributed by atoms with van der Waals surface area (Å²) in [5.41, 5.74) is 0. The van der Waals surface area contributed by atoms with Crippen molar-refractivity contribution in [2.45, 2.75) is 6.29 Å². The molecule has 8 heavy (non-hydrogen) atoms. The Hall–Kier alpha value is -1.21. The highest BCUT2D eigenvalue weighted by Gasteiger charge is 2.05. The van der Waals surface area contributed by atoms with Crippen LogP contribution >= 0.6 is 0 Å². The molecule has 3 heteroatoms. The highest BCUT2D eigenvalue weighted by molar-refractivity contribution is 5.45. The average Bonchev–Trinajstić information content (AvgIpc) is 2.19. The quantitative estimate of drug-likeness (QED) is 0.455. The molecule has 1 aliphatic rings. The van der Waals surface area contributed by atoms with Gasteiger partial charge < -0.3 is 9.47 Å². The first-order valence-corrected chi connectivity index (χ1v) is 2.10. The first-order chi connectivity index (χ1) is 3.93. The lowest BCUT2D eigenvalue weighted by Gasteiger charge is -1.99. The minimum atomic E-state index is -0.549. The minimum Gasteiger partial charge on any atom is -0.455 e. The van der Waals surface area contributed by atoms with Gasteiger partial charge in [-0.3, -0.25) is 0 Å². The largest absolute Gasteiger partial charge is 0.455 e. The molecule has 0 N–H and O–H groups in total. The average molecular weight is 112 g/mol. The van der Waals surface area contributed by atoms with Crippen molar-refractivity contribution in [3.05, 3.63) is 18.6 Å². The fraction of sp³-hybridized carbons (Fsp3) is 0.200. The predicted molar refractivity (Wildman–Crippen MR) is 25.4 cm³/mol. The van der Waals surface area contributed by atoms with E-state index in [9.17, 15) is 4.79 Å². The molecule has 0 radical (unpaired) electrons. The fourth-order valence-electron chi connectivity index (χ4n) is 0.385. The molecule has 0 aromatic heterocycles. The molecule has 1 rings (SSSR count). The molecule has 0 atom stereocenters. The van der Waals surface area contributed by atoms with E-state index in [0.29, 0.717) is 0 Å². The van der Waals surface area contributed by atoms with E-state index in [1.54, 1.807) is 5.94 Å². The molecular formula is C5H4O3. The summed E-state index contributed by atoms with van der Waals surface area (Å²) in [7, 11) is 0. The van der Waals surface area contributed by atoms with Crippen LogP contribution in [-0.4, -0.2) is 12.2 Å². The second kappa shape index (κ2) is 2.19. The third-order valence-corrected chi connectivity index (χ3v) is 0.685. The molecule has 3 nitrogen and oxygen atoms in total. The van der Waals surface area contributed by atoms with E-state index >= 15 is 0 Å². The van der Waals surface area contributed by atoms with Crippen LogP contribution in [0.2, 0.25) is 0 Å². The van der Waals surface area contributed by atoms with Gasteiger partial charge in [0.1, 0.15) is 18.5 Å². The van der Waals surface area contributed by atoms with Gasteiger partial charge in [0.15, 0.2) is 0 Å². The third-order valence-electron chi connectivity index (χ3n) is 0.685. The Morgan fingerprint density at radius 1 is 1.50 bits per heavy atom. The molecule has 0 saturated carbocycles. The lowest BCUT2D eigenvalue weighted by atomic mass is 10.6. The maximum Gasteiger partial charge on any atom is 0.269 e. The zero-order chi connectivity index (χ0) is 5.82. The molecule has 0 saturated heterocycles. The first-order valence-electron chi connectivity index (χ1n) is 2.10. The van der Waals surface area contributed by atoms with Crippen LogP contribution in [0.5, 0.6) is 0 Å². The standard InChI is InChI=1S/C5H4O3/c6-2-1-5-7-3-4-8-5/h1,3-5H. The minimum absolute atomic E-state index is 0.549. The Kier molecular flexibility index (Phi) is 1.35. The van der Waals surface area contributed by atoms with Crippen LogP contribution in [0.4, 0.5) is 0 Å². The Morgan fingerprint density at radius 3 is 2.62 bits per heavy atom. The molecule has 0 fully saturated rings. The van der Waals surface area contributed by atoms with Gasteiger partial charge in [-0.15, -0.1) is 0 Å². The van der Waals surface area contributed by atoms with Crippen LogP contribution in [0.15, 0.2) is 18.6 Å². The second-order valence-corrected chi connectivity index (χ2v) is 1.20. The number of hydrogen-bond acceptors (Lipinski definition) is 3. The SMILES string of the molecule is O=C=CC1OC=CO1. The Balaban J connectivity index is 2.40. The highest BCUT2D eigenvalue weighted by atomic mass is 16.7. The van der Waals surface area contributed by atoms with Gasteiger partial charge in [0.2, 0.25) is 0 Å². The summed E-state index contributed by atoms with van der Waals surface area (Å²) >= 11 is 0. The molecule has 0 aromatic carbocycles. The molecule has 0 aromatic rings. The zero-order valence-electron chi connectivity index (χ0n) is 4.03. The molecule has 42 valence electrons. The van der Waals surface area contributed by atoms with E-state index in [4.69, 9.17) is 0 Å². The number of rotatable bonds is 1. The van der Waals surface area contributed by atoms with Crippen molar-refractivity contribution < 1.29 is 14.3 Å². The smallest absolute Gasteiger partial charge is 0.269 e. The molecule has 0 bridgehead atoms. The van der Waals surface area contributed by atoms with Crippen molar-refractivity contribution in [1.29, 1.82) is 0 Å². The summed E-state index contributed by atoms with van der Waals surface area (Å²) in [5, 5.41) is 0. The number of carbonyl (C=O) groups excluding carboxylic acids is 1. The lowest BCUT2D eigenvalue weighted by molar-refractivity contribution is 0.0200. The van der Waals surface area contributed by atoms with Crippen LogP contribution < -0.4 is 0 Å². The Labute approximate surface area is 46.2 Å². The second-order valence-electron chi connectivity index (χ2n) is 1.20. The summed E-state index contributed by atoms with van der Waals surface area (Å²) in [6.07, 6.45) is 3.35. The third kappa shape index (κ3) is 0.891. The van der Waals surface area contributed by atoms with Gasteiger partial charge in [-0.2, -0.15) is 0 Å². The summed E-state index contributed by atoms with van der Waals surface area (Å²) in [6, 6.07) is 0. The van der Waals surface area contributed by atoms with Crippen molar-refractivity contribution >= 4 is 5.94 Å². The van der Waals surface area contributed by atoms with Crippen molar-refractivity contribution in [3.63, 3.8) is 0 Å². The summed E-state index contributed by atoms with van der Waals surface area (Å²) in [4.78, 5) is 9.59. The maximum atomic E-state index is 9.59. The van der Waals surface area contributed by atoms with Gasteiger partial charge in [0.05, 0.1) is 6.08 Å². The van der Waals surface area contributed by atoms with Crippen molar-refractivity contribution in [1.82, 2.24) is 0 Å². The summed E-state index contributed by atoms with van der Waals surface area (Å²) in [6.45, 7) is 0. The van der Waals surface area contributed by atoms with Crippen molar-refractivity contribution in [3.8, 4) is 0 Å². The highest BCUT2D eigenvalue weighted by Crippen LogP contribution is 2.03. The van der Waals surface area contributed by atoms with Crippen LogP contribution in [0.3, 0.4) is 0 Å². The molecule has 0 aliphatic carbocycles. The summed E-state index contributed by atoms with van der Waals surface area (Å²) in [5.74, 6) is 1.54. The van der Waals surface area contributed by atoms with E-state index < -0.39 is 6.29 Å². The predicted octanol–water partition coefficient (Wildman–Crippen LogP) is 0.218. The van der Waals surface area contributed by atoms with Gasteiger partial charge in [0, 0.05) is 0 Å². The Bertz CT molecular complexity index is 136. The first kappa shape index (κ1) is 4.94. The van der Waals surface area contributed by atoms with Gasteiger partial charge in [-0.05, 0) is 0 Å². The van der Waals surface area contributed by atoms with E-state index in [1.807, 2.05) is 0 Å². The van der Waals surface area contributed by atoms with E-state index in [0.717, 1.165) is 6.08 Å². The van der Waals surface area contributed by atoms with E-state index in [-0.39, 0.29) is 0 Å². The number of ether oxygens (including phenoxy) is 2. The zero-order valence-corrected chi connectivity index (χ0v) is 4.03. The van der Waals surface area contributed by atoms with Crippen LogP contribution in [0.25, 0.3) is 0 Å². The van der Waals surface area contributed by atoms with Crippen LogP contribution in [-0.2, 0) is 14.3 Å². The van der Waals surface area contributed by atoms with E-state index in [2.05, 4.69) is 9.47 Å². The molecule has 0 unspecified atom stereocenters. The van der Waals surface area contributed by atoms with Crippen molar-refractivity contribution in [2.75, 3.05) is 0 Å². The fourth-order valence-corrected chi connectivity index (χ4v) is 0.385. The van der Waals surface area contributed by atoms with Gasteiger partial charge in [0.25, 0.3) is 6.29 Å².